The minimum absolute atomic E-state index is 0.249. The number of carbonyl (C=O) groups is 4. The van der Waals surface area contributed by atoms with E-state index < -0.39 is 42.3 Å². The highest BCUT2D eigenvalue weighted by molar-refractivity contribution is 5.91. The summed E-state index contributed by atoms with van der Waals surface area (Å²) in [5, 5.41) is 13.8. The van der Waals surface area contributed by atoms with Gasteiger partial charge in [-0.05, 0) is 17.5 Å². The lowest BCUT2D eigenvalue weighted by Gasteiger charge is -2.28. The molecule has 3 N–H and O–H groups in total. The number of amides is 2. The Morgan fingerprint density at radius 3 is 2.17 bits per heavy atom. The Morgan fingerprint density at radius 1 is 1.03 bits per heavy atom. The molecule has 0 aromatic heterocycles. The fourth-order valence-electron chi connectivity index (χ4n) is 3.19. The summed E-state index contributed by atoms with van der Waals surface area (Å²) in [6.07, 6.45) is 0.0573. The minimum Gasteiger partial charge on any atom is -0.481 e. The summed E-state index contributed by atoms with van der Waals surface area (Å²) in [6.45, 7) is 0. The zero-order valence-electron chi connectivity index (χ0n) is 16.5. The number of hydrogen-bond acceptors (Lipinski definition) is 5. The van der Waals surface area contributed by atoms with Crippen LogP contribution in [-0.4, -0.2) is 48.6 Å². The molecule has 0 spiro atoms. The second-order valence-corrected chi connectivity index (χ2v) is 6.65. The van der Waals surface area contributed by atoms with Gasteiger partial charge in [0.2, 0.25) is 12.3 Å². The van der Waals surface area contributed by atoms with E-state index in [1.807, 2.05) is 60.7 Å². The third kappa shape index (κ3) is 6.44. The molecular formula is C22H24N2O6. The van der Waals surface area contributed by atoms with Gasteiger partial charge in [-0.2, -0.15) is 0 Å². The van der Waals surface area contributed by atoms with E-state index in [2.05, 4.69) is 10.6 Å². The molecule has 0 bridgehead atoms. The topological polar surface area (TPSA) is 122 Å². The zero-order valence-corrected chi connectivity index (χ0v) is 16.5. The van der Waals surface area contributed by atoms with E-state index in [-0.39, 0.29) is 6.41 Å². The van der Waals surface area contributed by atoms with Crippen molar-refractivity contribution in [3.63, 3.8) is 0 Å². The average Bonchev–Trinajstić information content (AvgIpc) is 2.76. The largest absolute Gasteiger partial charge is 0.481 e. The molecule has 3 atom stereocenters. The smallest absolute Gasteiger partial charge is 0.329 e. The fourth-order valence-corrected chi connectivity index (χ4v) is 3.19. The van der Waals surface area contributed by atoms with Crippen LogP contribution in [0.25, 0.3) is 0 Å². The van der Waals surface area contributed by atoms with Crippen LogP contribution in [0.4, 0.5) is 0 Å². The molecule has 0 saturated carbocycles. The highest BCUT2D eigenvalue weighted by Gasteiger charge is 2.34. The molecule has 8 nitrogen and oxygen atoms in total. The number of nitrogens with one attached hydrogen (secondary N) is 2. The number of aliphatic carboxylic acids is 1. The van der Waals surface area contributed by atoms with Gasteiger partial charge in [0.15, 0.2) is 0 Å². The quantitative estimate of drug-likeness (QED) is 0.377. The molecular weight excluding hydrogens is 388 g/mol. The average molecular weight is 412 g/mol. The number of methoxy groups -OCH3 is 1. The van der Waals surface area contributed by atoms with Gasteiger partial charge < -0.3 is 20.5 Å². The normalized spacial score (nSPS) is 13.4. The predicted octanol–water partition coefficient (Wildman–Crippen LogP) is 1.26. The summed E-state index contributed by atoms with van der Waals surface area (Å²) in [5.41, 5.74) is 1.75. The highest BCUT2D eigenvalue weighted by atomic mass is 16.5. The van der Waals surface area contributed by atoms with Crippen molar-refractivity contribution >= 4 is 24.3 Å². The van der Waals surface area contributed by atoms with Gasteiger partial charge in [-0.25, -0.2) is 4.79 Å². The first-order chi connectivity index (χ1) is 14.5. The Balaban J connectivity index is 2.37. The Hall–Kier alpha value is -3.68. The number of ether oxygens (including phenoxy) is 1. The Labute approximate surface area is 174 Å². The summed E-state index contributed by atoms with van der Waals surface area (Å²) in [5.74, 6) is -3.20. The maximum atomic E-state index is 12.7. The number of esters is 1. The molecule has 0 aliphatic rings. The Kier molecular flexibility index (Phi) is 8.56. The van der Waals surface area contributed by atoms with Gasteiger partial charge in [0, 0.05) is 5.92 Å². The predicted molar refractivity (Wildman–Crippen MR) is 109 cm³/mol. The number of hydrogen-bond donors (Lipinski definition) is 3. The molecule has 1 unspecified atom stereocenters. The first-order valence-corrected chi connectivity index (χ1v) is 9.34. The van der Waals surface area contributed by atoms with Gasteiger partial charge in [-0.15, -0.1) is 0 Å². The van der Waals surface area contributed by atoms with E-state index in [1.165, 1.54) is 7.11 Å². The molecule has 2 aromatic carbocycles. The van der Waals surface area contributed by atoms with E-state index in [0.29, 0.717) is 6.42 Å². The number of benzene rings is 2. The number of carbonyl (C=O) groups excluding carboxylic acids is 3. The lowest BCUT2D eigenvalue weighted by molar-refractivity contribution is -0.146. The zero-order chi connectivity index (χ0) is 21.9. The van der Waals surface area contributed by atoms with Crippen LogP contribution < -0.4 is 10.6 Å². The third-order valence-corrected chi connectivity index (χ3v) is 4.65. The van der Waals surface area contributed by atoms with Crippen LogP contribution in [0.5, 0.6) is 0 Å². The molecule has 0 fully saturated rings. The number of carboxylic acid groups (broad SMARTS) is 1. The summed E-state index contributed by atoms with van der Waals surface area (Å²) in [6, 6.07) is 16.2. The summed E-state index contributed by atoms with van der Waals surface area (Å²) in [4.78, 5) is 47.1. The van der Waals surface area contributed by atoms with Crippen molar-refractivity contribution in [3.8, 4) is 0 Å². The van der Waals surface area contributed by atoms with E-state index in [9.17, 15) is 19.2 Å². The fraction of sp³-hybridized carbons (Fsp3) is 0.273. The molecule has 0 radical (unpaired) electrons. The van der Waals surface area contributed by atoms with E-state index in [1.54, 1.807) is 0 Å². The van der Waals surface area contributed by atoms with Gasteiger partial charge in [0.05, 0.1) is 13.5 Å². The van der Waals surface area contributed by atoms with Crippen molar-refractivity contribution in [2.45, 2.75) is 30.8 Å². The van der Waals surface area contributed by atoms with Gasteiger partial charge in [0.25, 0.3) is 0 Å². The van der Waals surface area contributed by atoms with Crippen LogP contribution in [0.15, 0.2) is 60.7 Å². The molecule has 8 heteroatoms. The molecule has 0 heterocycles. The van der Waals surface area contributed by atoms with Gasteiger partial charge in [-0.3, -0.25) is 14.4 Å². The standard InChI is InChI=1S/C22H24N2O6/c1-30-22(29)20(24-21(28)18(23-14-25)13-19(26)27)17(16-10-6-3-7-11-16)12-15-8-4-2-5-9-15/h2-11,14,17-18,20H,12-13H2,1H3,(H,23,25)(H,24,28)(H,26,27)/t17?,18-,20-/m0/s1. The monoisotopic (exact) mass is 412 g/mol. The Bertz CT molecular complexity index is 856. The van der Waals surface area contributed by atoms with Crippen molar-refractivity contribution in [1.29, 1.82) is 0 Å². The van der Waals surface area contributed by atoms with Crippen molar-refractivity contribution in [1.82, 2.24) is 10.6 Å². The highest BCUT2D eigenvalue weighted by Crippen LogP contribution is 2.26. The summed E-state index contributed by atoms with van der Waals surface area (Å²) >= 11 is 0. The molecule has 2 amide bonds. The molecule has 30 heavy (non-hydrogen) atoms. The van der Waals surface area contributed by atoms with Gasteiger partial charge in [0.1, 0.15) is 12.1 Å². The van der Waals surface area contributed by atoms with Crippen LogP contribution >= 0.6 is 0 Å². The van der Waals surface area contributed by atoms with Crippen LogP contribution in [0.3, 0.4) is 0 Å². The van der Waals surface area contributed by atoms with Crippen molar-refractivity contribution in [3.05, 3.63) is 71.8 Å². The van der Waals surface area contributed by atoms with Crippen LogP contribution in [0, 0.1) is 0 Å². The molecule has 158 valence electrons. The van der Waals surface area contributed by atoms with Crippen molar-refractivity contribution in [2.75, 3.05) is 7.11 Å². The summed E-state index contributed by atoms with van der Waals surface area (Å²) in [7, 11) is 1.21. The maximum absolute atomic E-state index is 12.7. The maximum Gasteiger partial charge on any atom is 0.329 e. The molecule has 2 aromatic rings. The second kappa shape index (κ2) is 11.4. The first-order valence-electron chi connectivity index (χ1n) is 9.34. The van der Waals surface area contributed by atoms with Crippen LogP contribution in [-0.2, 0) is 30.3 Å². The van der Waals surface area contributed by atoms with Crippen LogP contribution in [0.1, 0.15) is 23.5 Å². The van der Waals surface area contributed by atoms with Crippen molar-refractivity contribution in [2.24, 2.45) is 0 Å². The summed E-state index contributed by atoms with van der Waals surface area (Å²) < 4.78 is 4.91. The lowest BCUT2D eigenvalue weighted by Crippen LogP contribution is -2.53. The first kappa shape index (κ1) is 22.6. The Morgan fingerprint density at radius 2 is 1.63 bits per heavy atom. The SMILES string of the molecule is COC(=O)[C@@H](NC(=O)[C@H](CC(=O)O)NC=O)C(Cc1ccccc1)c1ccccc1. The molecule has 2 rings (SSSR count). The van der Waals surface area contributed by atoms with E-state index in [0.717, 1.165) is 11.1 Å². The molecule has 0 saturated heterocycles. The molecule has 0 aliphatic carbocycles. The van der Waals surface area contributed by atoms with E-state index >= 15 is 0 Å². The third-order valence-electron chi connectivity index (χ3n) is 4.65. The molecule has 0 aliphatic heterocycles. The van der Waals surface area contributed by atoms with Crippen LogP contribution in [0.2, 0.25) is 0 Å². The number of carboxylic acids is 1. The van der Waals surface area contributed by atoms with E-state index in [4.69, 9.17) is 9.84 Å². The minimum atomic E-state index is -1.32. The van der Waals surface area contributed by atoms with Crippen molar-refractivity contribution < 1.29 is 29.0 Å². The van der Waals surface area contributed by atoms with Gasteiger partial charge in [-0.1, -0.05) is 60.7 Å². The lowest BCUT2D eigenvalue weighted by atomic mass is 9.85. The number of rotatable bonds is 11. The van der Waals surface area contributed by atoms with Gasteiger partial charge >= 0.3 is 11.9 Å². The second-order valence-electron chi connectivity index (χ2n) is 6.65.